The molecule has 158 valence electrons. The topological polar surface area (TPSA) is 90.1 Å². The van der Waals surface area contributed by atoms with Crippen molar-refractivity contribution in [2.45, 2.75) is 57.4 Å². The van der Waals surface area contributed by atoms with Crippen LogP contribution in [-0.2, 0) is 6.42 Å². The number of thiazole rings is 1. The second-order valence-electron chi connectivity index (χ2n) is 7.94. The van der Waals surface area contributed by atoms with E-state index in [9.17, 15) is 4.79 Å². The summed E-state index contributed by atoms with van der Waals surface area (Å²) in [6, 6.07) is 6.11. The number of nitrogens with zero attached hydrogens (tertiary/aromatic N) is 2. The summed E-state index contributed by atoms with van der Waals surface area (Å²) in [5.74, 6) is 0.419. The number of hydrogen-bond acceptors (Lipinski definition) is 6. The van der Waals surface area contributed by atoms with Crippen LogP contribution in [0.2, 0.25) is 0 Å². The molecule has 0 unspecified atom stereocenters. The molecule has 0 atom stereocenters. The Morgan fingerprint density at radius 1 is 1.33 bits per heavy atom. The van der Waals surface area contributed by atoms with Crippen molar-refractivity contribution in [3.05, 3.63) is 33.6 Å². The molecule has 1 saturated carbocycles. The Balaban J connectivity index is 1.67. The van der Waals surface area contributed by atoms with Gasteiger partial charge in [0.15, 0.2) is 5.01 Å². The van der Waals surface area contributed by atoms with Crippen LogP contribution in [0.15, 0.2) is 18.2 Å². The normalized spacial score (nSPS) is 16.7. The minimum Gasteiger partial charge on any atom is -0.492 e. The molecule has 2 aliphatic rings. The Hall–Kier alpha value is -2.54. The first kappa shape index (κ1) is 20.7. The summed E-state index contributed by atoms with van der Waals surface area (Å²) in [6.07, 6.45) is 8.77. The molecule has 1 aliphatic carbocycles. The van der Waals surface area contributed by atoms with Gasteiger partial charge >= 0.3 is 0 Å². The highest BCUT2D eigenvalue weighted by Gasteiger charge is 2.30. The van der Waals surface area contributed by atoms with Gasteiger partial charge in [0.05, 0.1) is 18.2 Å². The molecule has 1 aliphatic heterocycles. The molecule has 0 radical (unpaired) electrons. The molecule has 2 heterocycles. The highest BCUT2D eigenvalue weighted by atomic mass is 32.1. The molecule has 7 heteroatoms. The summed E-state index contributed by atoms with van der Waals surface area (Å²) in [7, 11) is 0. The SMILES string of the molecule is CCCN(C(=O)c1nc2c(s1)CCOc1cc(C(C=N)C=N)ccc1-2)C1CCCC1. The number of carbonyl (C=O) groups excluding carboxylic acids is 1. The number of nitrogens with one attached hydrogen (secondary N) is 2. The van der Waals surface area contributed by atoms with Crippen molar-refractivity contribution in [1.82, 2.24) is 9.88 Å². The molecule has 1 amide bonds. The van der Waals surface area contributed by atoms with Gasteiger partial charge in [-0.3, -0.25) is 4.79 Å². The van der Waals surface area contributed by atoms with E-state index in [1.165, 1.54) is 36.6 Å². The van der Waals surface area contributed by atoms with Crippen molar-refractivity contribution in [1.29, 1.82) is 10.8 Å². The van der Waals surface area contributed by atoms with Gasteiger partial charge in [-0.05, 0) is 37.0 Å². The zero-order chi connectivity index (χ0) is 21.1. The Morgan fingerprint density at radius 3 is 2.80 bits per heavy atom. The molecule has 30 heavy (non-hydrogen) atoms. The fraction of sp³-hybridized carbons (Fsp3) is 0.478. The summed E-state index contributed by atoms with van der Waals surface area (Å²) in [5.41, 5.74) is 2.58. The van der Waals surface area contributed by atoms with Gasteiger partial charge in [-0.1, -0.05) is 25.8 Å². The lowest BCUT2D eigenvalue weighted by Crippen LogP contribution is -2.39. The molecule has 1 aromatic heterocycles. The van der Waals surface area contributed by atoms with Crippen LogP contribution in [0, 0.1) is 10.8 Å². The van der Waals surface area contributed by atoms with E-state index in [1.54, 1.807) is 0 Å². The van der Waals surface area contributed by atoms with Gasteiger partial charge in [0, 0.05) is 41.9 Å². The van der Waals surface area contributed by atoms with Crippen molar-refractivity contribution in [2.75, 3.05) is 13.2 Å². The average molecular weight is 425 g/mol. The lowest BCUT2D eigenvalue weighted by atomic mass is 9.98. The molecule has 1 aromatic carbocycles. The van der Waals surface area contributed by atoms with Crippen molar-refractivity contribution >= 4 is 29.7 Å². The van der Waals surface area contributed by atoms with Crippen LogP contribution >= 0.6 is 11.3 Å². The van der Waals surface area contributed by atoms with Crippen LogP contribution < -0.4 is 4.74 Å². The summed E-state index contributed by atoms with van der Waals surface area (Å²) in [4.78, 5) is 21.3. The van der Waals surface area contributed by atoms with Gasteiger partial charge in [-0.2, -0.15) is 0 Å². The monoisotopic (exact) mass is 424 g/mol. The van der Waals surface area contributed by atoms with Crippen molar-refractivity contribution in [3.8, 4) is 17.0 Å². The van der Waals surface area contributed by atoms with E-state index in [0.29, 0.717) is 23.4 Å². The standard InChI is InChI=1S/C23H28N4O2S/c1-2-10-27(17-5-3-4-6-17)23(28)22-26-21-18-8-7-15(16(13-24)14-25)12-19(18)29-11-9-20(21)30-22/h7-8,12-14,16-17,24-25H,2-6,9-11H2,1H3. The number of aromatic nitrogens is 1. The maximum atomic E-state index is 13.4. The molecule has 0 bridgehead atoms. The highest BCUT2D eigenvalue weighted by Crippen LogP contribution is 2.39. The minimum atomic E-state index is -0.358. The smallest absolute Gasteiger partial charge is 0.283 e. The van der Waals surface area contributed by atoms with Crippen molar-refractivity contribution < 1.29 is 9.53 Å². The van der Waals surface area contributed by atoms with Crippen LogP contribution in [0.5, 0.6) is 5.75 Å². The molecule has 4 rings (SSSR count). The molecular formula is C23H28N4O2S. The second kappa shape index (κ2) is 9.08. The van der Waals surface area contributed by atoms with Crippen LogP contribution in [0.25, 0.3) is 11.3 Å². The maximum Gasteiger partial charge on any atom is 0.283 e. The highest BCUT2D eigenvalue weighted by molar-refractivity contribution is 7.14. The Bertz CT molecular complexity index is 941. The van der Waals surface area contributed by atoms with Crippen molar-refractivity contribution in [2.24, 2.45) is 0 Å². The van der Waals surface area contributed by atoms with Crippen LogP contribution in [0.1, 0.15) is 65.2 Å². The molecule has 2 aromatic rings. The summed E-state index contributed by atoms with van der Waals surface area (Å²) in [6.45, 7) is 3.43. The van der Waals surface area contributed by atoms with Gasteiger partial charge in [0.1, 0.15) is 5.75 Å². The lowest BCUT2D eigenvalue weighted by molar-refractivity contribution is 0.0681. The molecule has 2 N–H and O–H groups in total. The largest absolute Gasteiger partial charge is 0.492 e. The van der Waals surface area contributed by atoms with E-state index in [1.807, 2.05) is 23.1 Å². The average Bonchev–Trinajstić information content (AvgIpc) is 3.40. The second-order valence-corrected chi connectivity index (χ2v) is 9.02. The number of hydrogen-bond donors (Lipinski definition) is 2. The van der Waals surface area contributed by atoms with Gasteiger partial charge < -0.3 is 20.5 Å². The first-order chi connectivity index (χ1) is 14.7. The van der Waals surface area contributed by atoms with E-state index in [2.05, 4.69) is 6.92 Å². The Morgan fingerprint density at radius 2 is 2.10 bits per heavy atom. The number of rotatable bonds is 7. The Kier molecular flexibility index (Phi) is 6.27. The van der Waals surface area contributed by atoms with Gasteiger partial charge in [-0.25, -0.2) is 4.98 Å². The maximum absolute atomic E-state index is 13.4. The van der Waals surface area contributed by atoms with Crippen LogP contribution in [-0.4, -0.2) is 47.4 Å². The lowest BCUT2D eigenvalue weighted by Gasteiger charge is -2.27. The fourth-order valence-corrected chi connectivity index (χ4v) is 5.42. The predicted octanol–water partition coefficient (Wildman–Crippen LogP) is 4.92. The summed E-state index contributed by atoms with van der Waals surface area (Å²) >= 11 is 1.50. The minimum absolute atomic E-state index is 0.0635. The first-order valence-electron chi connectivity index (χ1n) is 10.7. The number of benzene rings is 1. The molecule has 6 nitrogen and oxygen atoms in total. The number of fused-ring (bicyclic) bond motifs is 3. The van der Waals surface area contributed by atoms with E-state index in [-0.39, 0.29) is 11.8 Å². The third kappa shape index (κ3) is 3.90. The third-order valence-corrected chi connectivity index (χ3v) is 7.07. The van der Waals surface area contributed by atoms with Gasteiger partial charge in [0.2, 0.25) is 0 Å². The van der Waals surface area contributed by atoms with E-state index in [0.717, 1.165) is 53.9 Å². The van der Waals surface area contributed by atoms with E-state index in [4.69, 9.17) is 20.5 Å². The third-order valence-electron chi connectivity index (χ3n) is 5.96. The van der Waals surface area contributed by atoms with E-state index < -0.39 is 0 Å². The van der Waals surface area contributed by atoms with Crippen molar-refractivity contribution in [3.63, 3.8) is 0 Å². The van der Waals surface area contributed by atoms with Crippen LogP contribution in [0.4, 0.5) is 0 Å². The zero-order valence-corrected chi connectivity index (χ0v) is 18.1. The summed E-state index contributed by atoms with van der Waals surface area (Å²) < 4.78 is 5.96. The zero-order valence-electron chi connectivity index (χ0n) is 17.3. The number of carbonyl (C=O) groups is 1. The fourth-order valence-electron chi connectivity index (χ4n) is 4.41. The van der Waals surface area contributed by atoms with E-state index >= 15 is 0 Å². The molecule has 0 spiro atoms. The molecular weight excluding hydrogens is 396 g/mol. The summed E-state index contributed by atoms with van der Waals surface area (Å²) in [5, 5.41) is 15.6. The molecule has 0 saturated heterocycles. The van der Waals surface area contributed by atoms with Gasteiger partial charge in [-0.15, -0.1) is 11.3 Å². The molecule has 1 fully saturated rings. The quantitative estimate of drug-likeness (QED) is 0.618. The predicted molar refractivity (Wildman–Crippen MR) is 121 cm³/mol. The number of ether oxygens (including phenoxy) is 1. The Labute approximate surface area is 181 Å². The first-order valence-corrected chi connectivity index (χ1v) is 11.6. The van der Waals surface area contributed by atoms with Crippen LogP contribution in [0.3, 0.4) is 0 Å². The van der Waals surface area contributed by atoms with Gasteiger partial charge in [0.25, 0.3) is 5.91 Å². The number of amides is 1.